The topological polar surface area (TPSA) is 44.8 Å². The molecule has 2 aromatic carbocycles. The molecule has 23 heavy (non-hydrogen) atoms. The van der Waals surface area contributed by atoms with Crippen LogP contribution in [0, 0.1) is 0 Å². The quantitative estimate of drug-likeness (QED) is 0.720. The van der Waals surface area contributed by atoms with Gasteiger partial charge in [-0.05, 0) is 24.3 Å². The Bertz CT molecular complexity index is 741. The Kier molecular flexibility index (Phi) is 4.97. The second-order valence-corrected chi connectivity index (χ2v) is 6.09. The predicted molar refractivity (Wildman–Crippen MR) is 87.3 cm³/mol. The van der Waals surface area contributed by atoms with Crippen LogP contribution in [0.5, 0.6) is 5.75 Å². The molecule has 2 aromatic rings. The fraction of sp³-hybridized carbons (Fsp3) is 0.188. The molecule has 0 aromatic heterocycles. The molecular weight excluding hydrogens is 363 g/mol. The summed E-state index contributed by atoms with van der Waals surface area (Å²) in [7, 11) is 0. The van der Waals surface area contributed by atoms with E-state index >= 15 is 0 Å². The number of halogens is 3. The van der Waals surface area contributed by atoms with Crippen molar-refractivity contribution in [3.63, 3.8) is 0 Å². The van der Waals surface area contributed by atoms with E-state index in [-0.39, 0.29) is 29.0 Å². The van der Waals surface area contributed by atoms with Gasteiger partial charge in [0, 0.05) is 16.1 Å². The van der Waals surface area contributed by atoms with Crippen LogP contribution in [0.4, 0.5) is 0 Å². The maximum Gasteiger partial charge on any atom is 0.341 e. The van der Waals surface area contributed by atoms with E-state index in [2.05, 4.69) is 0 Å². The summed E-state index contributed by atoms with van der Waals surface area (Å²) in [5.74, 6) is 0.0140. The van der Waals surface area contributed by atoms with Gasteiger partial charge in [0.2, 0.25) is 0 Å². The highest BCUT2D eigenvalue weighted by molar-refractivity contribution is 6.39. The van der Waals surface area contributed by atoms with E-state index in [0.717, 1.165) is 5.56 Å². The minimum Gasteiger partial charge on any atom is -0.467 e. The maximum atomic E-state index is 12.2. The van der Waals surface area contributed by atoms with Gasteiger partial charge in [0.25, 0.3) is 0 Å². The van der Waals surface area contributed by atoms with E-state index in [0.29, 0.717) is 22.9 Å². The number of carbonyl (C=O) groups is 1. The second-order valence-electron chi connectivity index (χ2n) is 4.84. The smallest absolute Gasteiger partial charge is 0.341 e. The minimum absolute atomic E-state index is 0.0106. The SMILES string of the molecule is O=C(OCc1cc(Cl)cc2c1OCOC2)c1c(Cl)cccc1Cl. The molecule has 0 radical (unpaired) electrons. The lowest BCUT2D eigenvalue weighted by molar-refractivity contribution is -0.0180. The highest BCUT2D eigenvalue weighted by Gasteiger charge is 2.20. The summed E-state index contributed by atoms with van der Waals surface area (Å²) < 4.78 is 16.0. The van der Waals surface area contributed by atoms with Crippen LogP contribution in [-0.4, -0.2) is 12.8 Å². The zero-order chi connectivity index (χ0) is 16.4. The van der Waals surface area contributed by atoms with Crippen LogP contribution < -0.4 is 4.74 Å². The van der Waals surface area contributed by atoms with E-state index in [1.807, 2.05) is 0 Å². The van der Waals surface area contributed by atoms with Gasteiger partial charge in [-0.1, -0.05) is 40.9 Å². The van der Waals surface area contributed by atoms with Gasteiger partial charge in [-0.15, -0.1) is 0 Å². The average Bonchev–Trinajstić information content (AvgIpc) is 2.52. The van der Waals surface area contributed by atoms with Crippen LogP contribution in [0.15, 0.2) is 30.3 Å². The molecule has 7 heteroatoms. The summed E-state index contributed by atoms with van der Waals surface area (Å²) >= 11 is 18.1. The van der Waals surface area contributed by atoms with E-state index in [1.54, 1.807) is 30.3 Å². The highest BCUT2D eigenvalue weighted by atomic mass is 35.5. The third kappa shape index (κ3) is 3.56. The summed E-state index contributed by atoms with van der Waals surface area (Å²) in [6, 6.07) is 8.25. The molecule has 0 amide bonds. The van der Waals surface area contributed by atoms with E-state index in [9.17, 15) is 4.79 Å². The van der Waals surface area contributed by atoms with E-state index in [4.69, 9.17) is 49.0 Å². The zero-order valence-corrected chi connectivity index (χ0v) is 14.0. The largest absolute Gasteiger partial charge is 0.467 e. The number of rotatable bonds is 3. The van der Waals surface area contributed by atoms with Gasteiger partial charge in [0.05, 0.1) is 22.2 Å². The van der Waals surface area contributed by atoms with Gasteiger partial charge < -0.3 is 14.2 Å². The van der Waals surface area contributed by atoms with Crippen LogP contribution in [0.3, 0.4) is 0 Å². The Labute approximate surface area is 147 Å². The number of esters is 1. The standard InChI is InChI=1S/C16H11Cl3O4/c17-11-4-9-6-21-8-23-15(9)10(5-11)7-22-16(20)14-12(18)2-1-3-13(14)19/h1-5H,6-8H2. The van der Waals surface area contributed by atoms with Crippen molar-refractivity contribution in [2.45, 2.75) is 13.2 Å². The van der Waals surface area contributed by atoms with Gasteiger partial charge in [-0.2, -0.15) is 0 Å². The van der Waals surface area contributed by atoms with Gasteiger partial charge in [0.1, 0.15) is 12.4 Å². The van der Waals surface area contributed by atoms with Crippen molar-refractivity contribution in [1.29, 1.82) is 0 Å². The molecular formula is C16H11Cl3O4. The monoisotopic (exact) mass is 372 g/mol. The second kappa shape index (κ2) is 6.97. The van der Waals surface area contributed by atoms with Crippen LogP contribution >= 0.6 is 34.8 Å². The number of hydrogen-bond acceptors (Lipinski definition) is 4. The molecule has 1 aliphatic heterocycles. The maximum absolute atomic E-state index is 12.2. The number of ether oxygens (including phenoxy) is 3. The van der Waals surface area contributed by atoms with Crippen LogP contribution in [0.25, 0.3) is 0 Å². The van der Waals surface area contributed by atoms with Crippen molar-refractivity contribution < 1.29 is 19.0 Å². The van der Waals surface area contributed by atoms with E-state index < -0.39 is 5.97 Å². The fourth-order valence-electron chi connectivity index (χ4n) is 2.27. The number of benzene rings is 2. The molecule has 4 nitrogen and oxygen atoms in total. The molecule has 0 saturated heterocycles. The fourth-order valence-corrected chi connectivity index (χ4v) is 3.09. The first-order valence-electron chi connectivity index (χ1n) is 6.69. The lowest BCUT2D eigenvalue weighted by Gasteiger charge is -2.21. The Morgan fingerprint density at radius 2 is 1.91 bits per heavy atom. The lowest BCUT2D eigenvalue weighted by atomic mass is 10.1. The number of hydrogen-bond donors (Lipinski definition) is 0. The van der Waals surface area contributed by atoms with E-state index in [1.165, 1.54) is 0 Å². The van der Waals surface area contributed by atoms with Gasteiger partial charge in [-0.25, -0.2) is 4.79 Å². The average molecular weight is 374 g/mol. The molecule has 1 aliphatic rings. The van der Waals surface area contributed by atoms with Crippen LogP contribution in [0.2, 0.25) is 15.1 Å². The van der Waals surface area contributed by atoms with Crippen molar-refractivity contribution in [2.24, 2.45) is 0 Å². The minimum atomic E-state index is -0.610. The molecule has 0 aliphatic carbocycles. The molecule has 1 heterocycles. The molecule has 0 spiro atoms. The molecule has 0 bridgehead atoms. The first-order valence-corrected chi connectivity index (χ1v) is 7.82. The molecule has 0 fully saturated rings. The third-order valence-electron chi connectivity index (χ3n) is 3.28. The Morgan fingerprint density at radius 3 is 2.65 bits per heavy atom. The van der Waals surface area contributed by atoms with Gasteiger partial charge in [0.15, 0.2) is 6.79 Å². The van der Waals surface area contributed by atoms with Gasteiger partial charge in [-0.3, -0.25) is 0 Å². The zero-order valence-electron chi connectivity index (χ0n) is 11.8. The normalized spacial score (nSPS) is 13.2. The summed E-state index contributed by atoms with van der Waals surface area (Å²) in [5.41, 5.74) is 1.61. The number of carbonyl (C=O) groups excluding carboxylic acids is 1. The van der Waals surface area contributed by atoms with Crippen molar-refractivity contribution in [1.82, 2.24) is 0 Å². The summed E-state index contributed by atoms with van der Waals surface area (Å²) in [5, 5.41) is 0.986. The van der Waals surface area contributed by atoms with Crippen molar-refractivity contribution in [3.8, 4) is 5.75 Å². The molecule has 3 rings (SSSR count). The molecule has 0 unspecified atom stereocenters. The summed E-state index contributed by atoms with van der Waals surface area (Å²) in [4.78, 5) is 12.2. The van der Waals surface area contributed by atoms with Crippen LogP contribution in [-0.2, 0) is 22.7 Å². The number of fused-ring (bicyclic) bond motifs is 1. The summed E-state index contributed by atoms with van der Waals surface area (Å²) in [6.45, 7) is 0.530. The van der Waals surface area contributed by atoms with Crippen LogP contribution in [0.1, 0.15) is 21.5 Å². The molecule has 0 saturated carbocycles. The Hall–Kier alpha value is -1.46. The lowest BCUT2D eigenvalue weighted by Crippen LogP contribution is -2.14. The van der Waals surface area contributed by atoms with Crippen molar-refractivity contribution >= 4 is 40.8 Å². The first-order chi connectivity index (χ1) is 11.1. The Balaban J connectivity index is 1.81. The summed E-state index contributed by atoms with van der Waals surface area (Å²) in [6.07, 6.45) is 0. The Morgan fingerprint density at radius 1 is 1.17 bits per heavy atom. The van der Waals surface area contributed by atoms with Crippen molar-refractivity contribution in [2.75, 3.05) is 6.79 Å². The predicted octanol–water partition coefficient (Wildman–Crippen LogP) is 4.87. The third-order valence-corrected chi connectivity index (χ3v) is 4.13. The molecule has 120 valence electrons. The van der Waals surface area contributed by atoms with Gasteiger partial charge >= 0.3 is 5.97 Å². The molecule has 0 N–H and O–H groups in total. The molecule has 0 atom stereocenters. The highest BCUT2D eigenvalue weighted by Crippen LogP contribution is 2.32. The first kappa shape index (κ1) is 16.4. The van der Waals surface area contributed by atoms with Crippen molar-refractivity contribution in [3.05, 3.63) is 62.1 Å².